The Morgan fingerprint density at radius 1 is 1.43 bits per heavy atom. The number of likely N-dealkylation sites (N-methyl/N-ethyl adjacent to an activating group) is 1. The molecule has 4 unspecified atom stereocenters. The normalized spacial score (nSPS) is 37.4. The summed E-state index contributed by atoms with van der Waals surface area (Å²) in [6.07, 6.45) is 5.93. The fraction of sp³-hybridized carbons (Fsp3) is 0.846. The summed E-state index contributed by atoms with van der Waals surface area (Å²) in [6, 6.07) is 0.593. The van der Waals surface area contributed by atoms with Gasteiger partial charge in [-0.3, -0.25) is 0 Å². The van der Waals surface area contributed by atoms with Crippen LogP contribution in [0.4, 0.5) is 0 Å². The molecule has 2 rings (SSSR count). The molecule has 80 valence electrons. The summed E-state index contributed by atoms with van der Waals surface area (Å²) in [4.78, 5) is 0. The molecule has 1 heteroatoms. The highest BCUT2D eigenvalue weighted by molar-refractivity contribution is 5.09. The van der Waals surface area contributed by atoms with Gasteiger partial charge in [0, 0.05) is 6.04 Å². The maximum absolute atomic E-state index is 4.14. The molecular formula is C13H23N. The predicted molar refractivity (Wildman–Crippen MR) is 61.2 cm³/mol. The van der Waals surface area contributed by atoms with E-state index in [4.69, 9.17) is 0 Å². The first kappa shape index (κ1) is 10.2. The van der Waals surface area contributed by atoms with E-state index in [-0.39, 0.29) is 0 Å². The van der Waals surface area contributed by atoms with Gasteiger partial charge in [0.1, 0.15) is 0 Å². The number of hydrogen-bond acceptors (Lipinski definition) is 1. The molecule has 0 radical (unpaired) electrons. The molecule has 2 bridgehead atoms. The summed E-state index contributed by atoms with van der Waals surface area (Å²) in [5.74, 6) is 2.94. The van der Waals surface area contributed by atoms with Gasteiger partial charge >= 0.3 is 0 Å². The van der Waals surface area contributed by atoms with Crippen molar-refractivity contribution in [2.24, 2.45) is 17.8 Å². The average Bonchev–Trinajstić information content (AvgIpc) is 2.74. The lowest BCUT2D eigenvalue weighted by molar-refractivity contribution is 0.273. The van der Waals surface area contributed by atoms with E-state index in [0.717, 1.165) is 24.3 Å². The Labute approximate surface area is 88.0 Å². The summed E-state index contributed by atoms with van der Waals surface area (Å²) in [5.41, 5.74) is 1.34. The van der Waals surface area contributed by atoms with Crippen LogP contribution < -0.4 is 5.32 Å². The van der Waals surface area contributed by atoms with E-state index in [1.54, 1.807) is 0 Å². The third-order valence-corrected chi connectivity index (χ3v) is 4.18. The van der Waals surface area contributed by atoms with Crippen LogP contribution in [0.15, 0.2) is 12.2 Å². The van der Waals surface area contributed by atoms with Gasteiger partial charge in [-0.05, 0) is 50.5 Å². The largest absolute Gasteiger partial charge is 0.310 e. The number of hydrogen-bond donors (Lipinski definition) is 1. The van der Waals surface area contributed by atoms with Crippen molar-refractivity contribution in [3.05, 3.63) is 12.2 Å². The Kier molecular flexibility index (Phi) is 2.96. The van der Waals surface area contributed by atoms with E-state index in [2.05, 4.69) is 25.7 Å². The minimum atomic E-state index is 0.593. The lowest BCUT2D eigenvalue weighted by Crippen LogP contribution is -2.39. The van der Waals surface area contributed by atoms with Gasteiger partial charge in [-0.15, -0.1) is 0 Å². The molecule has 1 N–H and O–H groups in total. The molecule has 4 atom stereocenters. The van der Waals surface area contributed by atoms with Crippen LogP contribution >= 0.6 is 0 Å². The molecular weight excluding hydrogens is 170 g/mol. The van der Waals surface area contributed by atoms with E-state index in [9.17, 15) is 0 Å². The summed E-state index contributed by atoms with van der Waals surface area (Å²) in [7, 11) is 0. The van der Waals surface area contributed by atoms with Crippen LogP contribution in [0.1, 0.15) is 39.5 Å². The van der Waals surface area contributed by atoms with Crippen LogP contribution in [0.5, 0.6) is 0 Å². The van der Waals surface area contributed by atoms with Crippen molar-refractivity contribution in [1.29, 1.82) is 0 Å². The van der Waals surface area contributed by atoms with Crippen molar-refractivity contribution in [3.8, 4) is 0 Å². The van der Waals surface area contributed by atoms with E-state index in [1.165, 1.54) is 31.3 Å². The van der Waals surface area contributed by atoms with Gasteiger partial charge in [-0.1, -0.05) is 25.5 Å². The van der Waals surface area contributed by atoms with Gasteiger partial charge in [-0.25, -0.2) is 0 Å². The molecule has 0 spiro atoms. The van der Waals surface area contributed by atoms with E-state index >= 15 is 0 Å². The van der Waals surface area contributed by atoms with Crippen molar-refractivity contribution >= 4 is 0 Å². The van der Waals surface area contributed by atoms with Crippen LogP contribution in [-0.2, 0) is 0 Å². The topological polar surface area (TPSA) is 12.0 Å². The molecule has 0 aromatic heterocycles. The first-order valence-corrected chi connectivity index (χ1v) is 6.11. The highest BCUT2D eigenvalue weighted by Gasteiger charge is 2.42. The third-order valence-electron chi connectivity index (χ3n) is 4.18. The van der Waals surface area contributed by atoms with Crippen LogP contribution in [0.25, 0.3) is 0 Å². The van der Waals surface area contributed by atoms with Crippen molar-refractivity contribution in [3.63, 3.8) is 0 Å². The highest BCUT2D eigenvalue weighted by Crippen LogP contribution is 2.50. The number of nitrogens with one attached hydrogen (secondary N) is 1. The van der Waals surface area contributed by atoms with E-state index in [0.29, 0.717) is 6.04 Å². The van der Waals surface area contributed by atoms with Gasteiger partial charge in [-0.2, -0.15) is 0 Å². The van der Waals surface area contributed by atoms with E-state index < -0.39 is 0 Å². The van der Waals surface area contributed by atoms with Crippen molar-refractivity contribution < 1.29 is 0 Å². The zero-order valence-electron chi connectivity index (χ0n) is 9.55. The molecule has 0 aliphatic heterocycles. The van der Waals surface area contributed by atoms with Gasteiger partial charge in [0.25, 0.3) is 0 Å². The summed E-state index contributed by atoms with van der Waals surface area (Å²) >= 11 is 0. The first-order valence-electron chi connectivity index (χ1n) is 6.11. The zero-order valence-corrected chi connectivity index (χ0v) is 9.55. The molecule has 0 heterocycles. The van der Waals surface area contributed by atoms with Gasteiger partial charge in [0.05, 0.1) is 0 Å². The Balaban J connectivity index is 2.01. The Morgan fingerprint density at radius 2 is 2.21 bits per heavy atom. The van der Waals surface area contributed by atoms with Gasteiger partial charge in [0.15, 0.2) is 0 Å². The highest BCUT2D eigenvalue weighted by atomic mass is 14.9. The second-order valence-corrected chi connectivity index (χ2v) is 5.22. The molecule has 2 aliphatic rings. The lowest BCUT2D eigenvalue weighted by Gasteiger charge is -2.31. The molecule has 2 fully saturated rings. The predicted octanol–water partition coefficient (Wildman–Crippen LogP) is 2.98. The fourth-order valence-corrected chi connectivity index (χ4v) is 3.61. The molecule has 0 aromatic rings. The summed E-state index contributed by atoms with van der Waals surface area (Å²) < 4.78 is 0. The zero-order chi connectivity index (χ0) is 10.1. The maximum atomic E-state index is 4.14. The van der Waals surface area contributed by atoms with Crippen LogP contribution in [0, 0.1) is 17.8 Å². The van der Waals surface area contributed by atoms with Gasteiger partial charge < -0.3 is 5.32 Å². The molecule has 0 amide bonds. The molecule has 0 aromatic carbocycles. The lowest BCUT2D eigenvalue weighted by atomic mass is 9.81. The smallest absolute Gasteiger partial charge is 0.0305 e. The Morgan fingerprint density at radius 3 is 2.64 bits per heavy atom. The van der Waals surface area contributed by atoms with Crippen LogP contribution in [0.2, 0.25) is 0 Å². The number of rotatable bonds is 4. The Hall–Kier alpha value is -0.300. The van der Waals surface area contributed by atoms with Crippen molar-refractivity contribution in [1.82, 2.24) is 5.32 Å². The minimum absolute atomic E-state index is 0.593. The molecule has 2 aliphatic carbocycles. The van der Waals surface area contributed by atoms with Crippen molar-refractivity contribution in [2.45, 2.75) is 45.6 Å². The fourth-order valence-electron chi connectivity index (χ4n) is 3.61. The first-order chi connectivity index (χ1) is 6.72. The molecule has 2 saturated carbocycles. The average molecular weight is 193 g/mol. The van der Waals surface area contributed by atoms with Crippen LogP contribution in [0.3, 0.4) is 0 Å². The summed E-state index contributed by atoms with van der Waals surface area (Å²) in [6.45, 7) is 9.59. The minimum Gasteiger partial charge on any atom is -0.310 e. The third kappa shape index (κ3) is 1.75. The van der Waals surface area contributed by atoms with Crippen LogP contribution in [-0.4, -0.2) is 12.6 Å². The SMILES string of the molecule is C=C(C)C(NCC)C1CC2CCC1C2. The second-order valence-electron chi connectivity index (χ2n) is 5.22. The van der Waals surface area contributed by atoms with E-state index in [1.807, 2.05) is 0 Å². The quantitative estimate of drug-likeness (QED) is 0.677. The Bertz CT molecular complexity index is 221. The van der Waals surface area contributed by atoms with Crippen molar-refractivity contribution in [2.75, 3.05) is 6.54 Å². The number of fused-ring (bicyclic) bond motifs is 2. The summed E-state index contributed by atoms with van der Waals surface area (Å²) in [5, 5.41) is 3.61. The monoisotopic (exact) mass is 193 g/mol. The molecule has 14 heavy (non-hydrogen) atoms. The molecule has 0 saturated heterocycles. The standard InChI is InChI=1S/C13H23N/c1-4-14-13(9(2)3)12-8-10-5-6-11(12)7-10/h10-14H,2,4-8H2,1,3H3. The van der Waals surface area contributed by atoms with Gasteiger partial charge in [0.2, 0.25) is 0 Å². The second kappa shape index (κ2) is 4.06. The maximum Gasteiger partial charge on any atom is 0.0305 e. The molecule has 1 nitrogen and oxygen atoms in total.